The van der Waals surface area contributed by atoms with E-state index in [0.717, 1.165) is 30.6 Å². The second kappa shape index (κ2) is 10.7. The van der Waals surface area contributed by atoms with Crippen LogP contribution in [0.25, 0.3) is 11.3 Å². The minimum Gasteiger partial charge on any atom is -0.481 e. The number of rotatable bonds is 8. The van der Waals surface area contributed by atoms with Crippen molar-refractivity contribution in [1.29, 1.82) is 0 Å². The summed E-state index contributed by atoms with van der Waals surface area (Å²) in [5, 5.41) is 8.96. The molecule has 7 heteroatoms. The first-order valence-electron chi connectivity index (χ1n) is 13.2. The molecule has 1 heterocycles. The van der Waals surface area contributed by atoms with Crippen molar-refractivity contribution in [2.45, 2.75) is 109 Å². The molecule has 2 aromatic rings. The average Bonchev–Trinajstić information content (AvgIpc) is 3.09. The van der Waals surface area contributed by atoms with Crippen molar-refractivity contribution in [3.05, 3.63) is 41.1 Å². The summed E-state index contributed by atoms with van der Waals surface area (Å²) in [6, 6.07) is 8.47. The van der Waals surface area contributed by atoms with Gasteiger partial charge < -0.3 is 9.67 Å². The molecule has 0 amide bonds. The predicted octanol–water partition coefficient (Wildman–Crippen LogP) is 6.39. The Morgan fingerprint density at radius 1 is 0.972 bits per heavy atom. The highest BCUT2D eigenvalue weighted by Gasteiger charge is 2.27. The first kappa shape index (κ1) is 28.5. The minimum atomic E-state index is -3.85. The van der Waals surface area contributed by atoms with Crippen molar-refractivity contribution in [1.82, 2.24) is 9.29 Å². The van der Waals surface area contributed by atoms with Crippen molar-refractivity contribution in [3.63, 3.8) is 0 Å². The Balaban J connectivity index is 2.18. The molecule has 0 aliphatic heterocycles. The topological polar surface area (TPSA) is 88.4 Å². The van der Waals surface area contributed by atoms with Crippen LogP contribution in [0.2, 0.25) is 0 Å². The maximum atomic E-state index is 13.3. The molecule has 6 nitrogen and oxygen atoms in total. The maximum absolute atomic E-state index is 13.3. The largest absolute Gasteiger partial charge is 0.481 e. The van der Waals surface area contributed by atoms with Gasteiger partial charge in [-0.2, -0.15) is 0 Å². The van der Waals surface area contributed by atoms with E-state index < -0.39 is 16.0 Å². The van der Waals surface area contributed by atoms with E-state index in [2.05, 4.69) is 69.0 Å². The van der Waals surface area contributed by atoms with Crippen molar-refractivity contribution < 1.29 is 18.3 Å². The number of hydrogen-bond donors (Lipinski definition) is 2. The van der Waals surface area contributed by atoms with E-state index in [-0.39, 0.29) is 28.7 Å². The smallest absolute Gasteiger partial charge is 0.304 e. The first-order valence-corrected chi connectivity index (χ1v) is 14.7. The van der Waals surface area contributed by atoms with Crippen LogP contribution in [0, 0.1) is 12.8 Å². The zero-order chi connectivity index (χ0) is 26.9. The van der Waals surface area contributed by atoms with E-state index in [9.17, 15) is 13.2 Å². The molecule has 1 aliphatic carbocycles. The van der Waals surface area contributed by atoms with Crippen molar-refractivity contribution in [3.8, 4) is 11.3 Å². The average molecular weight is 517 g/mol. The summed E-state index contributed by atoms with van der Waals surface area (Å²) in [6.45, 7) is 15.7. The third kappa shape index (κ3) is 6.80. The number of carboxylic acids is 1. The monoisotopic (exact) mass is 516 g/mol. The number of nitrogens with zero attached hydrogens (tertiary/aromatic N) is 1. The standard InChI is InChI=1S/C29H44N2O4S/c1-20-26(36(34,35)30-14-13-27(32)33)18-25(31(20)19-21-11-9-8-10-12-21)22-15-23(28(2,3)4)17-24(16-22)29(5,6)7/h15-18,21,30H,8-14,19H2,1-7H3,(H,32,33). The number of nitrogens with one attached hydrogen (secondary N) is 1. The Morgan fingerprint density at radius 3 is 2.03 bits per heavy atom. The molecular formula is C29H44N2O4S. The van der Waals surface area contributed by atoms with Crippen molar-refractivity contribution in [2.75, 3.05) is 6.54 Å². The van der Waals surface area contributed by atoms with E-state index >= 15 is 0 Å². The normalized spacial score (nSPS) is 15.9. The Hall–Kier alpha value is -2.12. The number of hydrogen-bond acceptors (Lipinski definition) is 3. The van der Waals surface area contributed by atoms with E-state index in [0.29, 0.717) is 11.6 Å². The fraction of sp³-hybridized carbons (Fsp3) is 0.621. The Kier molecular flexibility index (Phi) is 8.46. The second-order valence-electron chi connectivity index (χ2n) is 12.4. The van der Waals surface area contributed by atoms with Gasteiger partial charge in [-0.3, -0.25) is 4.79 Å². The zero-order valence-corrected chi connectivity index (χ0v) is 23.9. The molecule has 0 unspecified atom stereocenters. The van der Waals surface area contributed by atoms with Crippen LogP contribution in [0.1, 0.15) is 96.9 Å². The lowest BCUT2D eigenvalue weighted by atomic mass is 9.79. The van der Waals surface area contributed by atoms with Gasteiger partial charge in [-0.1, -0.05) is 66.9 Å². The molecular weight excluding hydrogens is 472 g/mol. The highest BCUT2D eigenvalue weighted by Crippen LogP contribution is 2.37. The predicted molar refractivity (Wildman–Crippen MR) is 146 cm³/mol. The number of aromatic nitrogens is 1. The summed E-state index contributed by atoms with van der Waals surface area (Å²) >= 11 is 0. The SMILES string of the molecule is Cc1c(S(=O)(=O)NCCC(=O)O)cc(-c2cc(C(C)(C)C)cc(C(C)(C)C)c2)n1CC1CCCCC1. The van der Waals surface area contributed by atoms with Crippen molar-refractivity contribution in [2.24, 2.45) is 5.92 Å². The van der Waals surface area contributed by atoms with Gasteiger partial charge in [0.25, 0.3) is 0 Å². The van der Waals surface area contributed by atoms with Crippen LogP contribution < -0.4 is 4.72 Å². The minimum absolute atomic E-state index is 0.0564. The Bertz CT molecular complexity index is 1160. The number of benzene rings is 1. The lowest BCUT2D eigenvalue weighted by Crippen LogP contribution is -2.26. The maximum Gasteiger partial charge on any atom is 0.304 e. The van der Waals surface area contributed by atoms with Crippen LogP contribution in [0.4, 0.5) is 0 Å². The molecule has 0 atom stereocenters. The number of aliphatic carboxylic acids is 1. The molecule has 1 aromatic heterocycles. The first-order chi connectivity index (χ1) is 16.6. The van der Waals surface area contributed by atoms with E-state index in [4.69, 9.17) is 5.11 Å². The molecule has 3 rings (SSSR count). The van der Waals surface area contributed by atoms with Gasteiger partial charge in [0.1, 0.15) is 4.90 Å². The summed E-state index contributed by atoms with van der Waals surface area (Å²) < 4.78 is 31.2. The molecule has 2 N–H and O–H groups in total. The summed E-state index contributed by atoms with van der Waals surface area (Å²) in [7, 11) is -3.85. The lowest BCUT2D eigenvalue weighted by molar-refractivity contribution is -0.136. The summed E-state index contributed by atoms with van der Waals surface area (Å²) in [5.41, 5.74) is 4.97. The van der Waals surface area contributed by atoms with E-state index in [1.165, 1.54) is 30.4 Å². The van der Waals surface area contributed by atoms with E-state index in [1.54, 1.807) is 6.07 Å². The van der Waals surface area contributed by atoms with E-state index in [1.807, 2.05) is 6.92 Å². The summed E-state index contributed by atoms with van der Waals surface area (Å²) in [5.74, 6) is -0.509. The van der Waals surface area contributed by atoms with Crippen LogP contribution in [0.15, 0.2) is 29.2 Å². The van der Waals surface area contributed by atoms with Crippen LogP contribution in [0.5, 0.6) is 0 Å². The number of sulfonamides is 1. The van der Waals surface area contributed by atoms with Crippen LogP contribution in [-0.4, -0.2) is 30.6 Å². The lowest BCUT2D eigenvalue weighted by Gasteiger charge is -2.27. The van der Waals surface area contributed by atoms with Gasteiger partial charge in [0, 0.05) is 24.5 Å². The third-order valence-electron chi connectivity index (χ3n) is 7.37. The Morgan fingerprint density at radius 2 is 1.53 bits per heavy atom. The molecule has 0 radical (unpaired) electrons. The zero-order valence-electron chi connectivity index (χ0n) is 23.1. The summed E-state index contributed by atoms with van der Waals surface area (Å²) in [6.07, 6.45) is 5.77. The van der Waals surface area contributed by atoms with Crippen LogP contribution in [0.3, 0.4) is 0 Å². The number of carboxylic acid groups (broad SMARTS) is 1. The molecule has 1 saturated carbocycles. The molecule has 1 fully saturated rings. The van der Waals surface area contributed by atoms with Gasteiger partial charge in [0.2, 0.25) is 10.0 Å². The van der Waals surface area contributed by atoms with Crippen molar-refractivity contribution >= 4 is 16.0 Å². The number of carbonyl (C=O) groups is 1. The van der Waals surface area contributed by atoms with Gasteiger partial charge >= 0.3 is 5.97 Å². The van der Waals surface area contributed by atoms with Gasteiger partial charge in [-0.05, 0) is 71.4 Å². The molecule has 36 heavy (non-hydrogen) atoms. The molecule has 0 bridgehead atoms. The molecule has 0 spiro atoms. The molecule has 1 aromatic carbocycles. The van der Waals surface area contributed by atoms with Gasteiger partial charge in [0.15, 0.2) is 0 Å². The highest BCUT2D eigenvalue weighted by molar-refractivity contribution is 7.89. The quantitative estimate of drug-likeness (QED) is 0.425. The highest BCUT2D eigenvalue weighted by atomic mass is 32.2. The van der Waals surface area contributed by atoms with Gasteiger partial charge in [0.05, 0.1) is 6.42 Å². The fourth-order valence-electron chi connectivity index (χ4n) is 5.01. The Labute approximate surface area is 217 Å². The third-order valence-corrected chi connectivity index (χ3v) is 8.94. The summed E-state index contributed by atoms with van der Waals surface area (Å²) in [4.78, 5) is 11.2. The molecule has 200 valence electrons. The fourth-order valence-corrected chi connectivity index (χ4v) is 6.30. The second-order valence-corrected chi connectivity index (χ2v) is 14.2. The van der Waals surface area contributed by atoms with Crippen LogP contribution >= 0.6 is 0 Å². The van der Waals surface area contributed by atoms with Gasteiger partial charge in [-0.25, -0.2) is 13.1 Å². The van der Waals surface area contributed by atoms with Gasteiger partial charge in [-0.15, -0.1) is 0 Å². The molecule has 1 aliphatic rings. The molecule has 0 saturated heterocycles. The van der Waals surface area contributed by atoms with Crippen LogP contribution in [-0.2, 0) is 32.2 Å².